The minimum absolute atomic E-state index is 0.328. The van der Waals surface area contributed by atoms with Gasteiger partial charge in [-0.15, -0.1) is 10.2 Å². The highest BCUT2D eigenvalue weighted by Gasteiger charge is 2.15. The van der Waals surface area contributed by atoms with E-state index in [1.165, 1.54) is 0 Å². The zero-order valence-electron chi connectivity index (χ0n) is 14.4. The SMILES string of the molecule is CCOC(=O)C(C)Oc1ccc(Nc2cc3ccc(Cl)cc3nn2)cc1. The van der Waals surface area contributed by atoms with Crippen LogP contribution in [0.1, 0.15) is 13.8 Å². The molecule has 0 bridgehead atoms. The molecule has 0 aliphatic carbocycles. The van der Waals surface area contributed by atoms with Gasteiger partial charge in [0, 0.05) is 16.1 Å². The van der Waals surface area contributed by atoms with E-state index in [1.54, 1.807) is 32.0 Å². The van der Waals surface area contributed by atoms with Crippen LogP contribution in [-0.4, -0.2) is 28.9 Å². The molecular weight excluding hydrogens is 354 g/mol. The molecular formula is C19H18ClN3O3. The Labute approximate surface area is 156 Å². The Kier molecular flexibility index (Phi) is 5.53. The Morgan fingerprint density at radius 1 is 1.15 bits per heavy atom. The van der Waals surface area contributed by atoms with Crippen molar-refractivity contribution in [3.8, 4) is 5.75 Å². The molecule has 0 saturated carbocycles. The van der Waals surface area contributed by atoms with Gasteiger partial charge in [-0.2, -0.15) is 0 Å². The maximum Gasteiger partial charge on any atom is 0.347 e. The largest absolute Gasteiger partial charge is 0.479 e. The first-order valence-electron chi connectivity index (χ1n) is 8.18. The Morgan fingerprint density at radius 3 is 2.65 bits per heavy atom. The smallest absolute Gasteiger partial charge is 0.347 e. The van der Waals surface area contributed by atoms with Crippen LogP contribution >= 0.6 is 11.6 Å². The van der Waals surface area contributed by atoms with E-state index in [0.29, 0.717) is 23.2 Å². The summed E-state index contributed by atoms with van der Waals surface area (Å²) in [6.07, 6.45) is -0.660. The lowest BCUT2D eigenvalue weighted by Gasteiger charge is -2.13. The lowest BCUT2D eigenvalue weighted by molar-refractivity contribution is -0.150. The minimum atomic E-state index is -0.660. The van der Waals surface area contributed by atoms with Gasteiger partial charge in [-0.25, -0.2) is 4.79 Å². The molecule has 6 nitrogen and oxygen atoms in total. The number of ether oxygens (including phenoxy) is 2. The van der Waals surface area contributed by atoms with Crippen LogP contribution in [-0.2, 0) is 9.53 Å². The molecule has 0 aliphatic heterocycles. The van der Waals surface area contributed by atoms with E-state index in [9.17, 15) is 4.79 Å². The van der Waals surface area contributed by atoms with Crippen LogP contribution in [0.25, 0.3) is 10.9 Å². The Morgan fingerprint density at radius 2 is 1.92 bits per heavy atom. The summed E-state index contributed by atoms with van der Waals surface area (Å²) in [7, 11) is 0. The van der Waals surface area contributed by atoms with Gasteiger partial charge < -0.3 is 14.8 Å². The van der Waals surface area contributed by atoms with Crippen molar-refractivity contribution in [1.29, 1.82) is 0 Å². The third-order valence-corrected chi connectivity index (χ3v) is 3.84. The van der Waals surface area contributed by atoms with Crippen molar-refractivity contribution in [2.24, 2.45) is 0 Å². The summed E-state index contributed by atoms with van der Waals surface area (Å²) >= 11 is 5.95. The Balaban J connectivity index is 1.67. The molecule has 0 spiro atoms. The molecule has 3 rings (SSSR count). The van der Waals surface area contributed by atoms with Crippen LogP contribution in [0, 0.1) is 0 Å². The first-order valence-corrected chi connectivity index (χ1v) is 8.56. The number of carbonyl (C=O) groups is 1. The van der Waals surface area contributed by atoms with Crippen molar-refractivity contribution in [3.63, 3.8) is 0 Å². The number of esters is 1. The number of benzene rings is 2. The lowest BCUT2D eigenvalue weighted by Crippen LogP contribution is -2.26. The van der Waals surface area contributed by atoms with Crippen molar-refractivity contribution in [2.75, 3.05) is 11.9 Å². The van der Waals surface area contributed by atoms with E-state index >= 15 is 0 Å². The van der Waals surface area contributed by atoms with Crippen molar-refractivity contribution >= 4 is 40.0 Å². The van der Waals surface area contributed by atoms with Crippen LogP contribution in [0.4, 0.5) is 11.5 Å². The van der Waals surface area contributed by atoms with Gasteiger partial charge in [-0.1, -0.05) is 17.7 Å². The zero-order valence-corrected chi connectivity index (χ0v) is 15.2. The predicted molar refractivity (Wildman–Crippen MR) is 101 cm³/mol. The van der Waals surface area contributed by atoms with Crippen LogP contribution in [0.2, 0.25) is 5.02 Å². The highest BCUT2D eigenvalue weighted by molar-refractivity contribution is 6.31. The average Bonchev–Trinajstić information content (AvgIpc) is 2.63. The van der Waals surface area contributed by atoms with Crippen molar-refractivity contribution in [2.45, 2.75) is 20.0 Å². The number of carbonyl (C=O) groups excluding carboxylic acids is 1. The summed E-state index contributed by atoms with van der Waals surface area (Å²) in [5.41, 5.74) is 1.56. The quantitative estimate of drug-likeness (QED) is 0.649. The second-order valence-corrected chi connectivity index (χ2v) is 6.03. The van der Waals surface area contributed by atoms with E-state index in [-0.39, 0.29) is 5.97 Å². The molecule has 1 unspecified atom stereocenters. The molecule has 1 N–H and O–H groups in total. The fourth-order valence-corrected chi connectivity index (χ4v) is 2.51. The maximum atomic E-state index is 11.6. The molecule has 0 radical (unpaired) electrons. The van der Waals surface area contributed by atoms with Gasteiger partial charge in [0.1, 0.15) is 5.75 Å². The number of anilines is 2. The van der Waals surface area contributed by atoms with Gasteiger partial charge in [-0.05, 0) is 56.3 Å². The van der Waals surface area contributed by atoms with Gasteiger partial charge in [-0.3, -0.25) is 0 Å². The van der Waals surface area contributed by atoms with Crippen molar-refractivity contribution in [3.05, 3.63) is 53.6 Å². The van der Waals surface area contributed by atoms with E-state index < -0.39 is 6.10 Å². The molecule has 3 aromatic rings. The van der Waals surface area contributed by atoms with Crippen molar-refractivity contribution < 1.29 is 14.3 Å². The zero-order chi connectivity index (χ0) is 18.5. The average molecular weight is 372 g/mol. The summed E-state index contributed by atoms with van der Waals surface area (Å²) in [5, 5.41) is 13.1. The maximum absolute atomic E-state index is 11.6. The standard InChI is InChI=1S/C19H18ClN3O3/c1-3-25-19(24)12(2)26-16-8-6-15(7-9-16)21-18-10-13-4-5-14(20)11-17(13)22-23-18/h4-12H,3H2,1-2H3,(H,21,23). The molecule has 0 aliphatic rings. The van der Waals surface area contributed by atoms with Gasteiger partial charge in [0.15, 0.2) is 11.9 Å². The molecule has 7 heteroatoms. The molecule has 0 fully saturated rings. The van der Waals surface area contributed by atoms with Gasteiger partial charge in [0.2, 0.25) is 0 Å². The second-order valence-electron chi connectivity index (χ2n) is 5.59. The monoisotopic (exact) mass is 371 g/mol. The number of hydrogen-bond acceptors (Lipinski definition) is 6. The molecule has 1 aromatic heterocycles. The molecule has 1 heterocycles. The molecule has 134 valence electrons. The summed E-state index contributed by atoms with van der Waals surface area (Å²) in [5.74, 6) is 0.810. The molecule has 0 saturated heterocycles. The first-order chi connectivity index (χ1) is 12.5. The number of rotatable bonds is 6. The minimum Gasteiger partial charge on any atom is -0.479 e. The van der Waals surface area contributed by atoms with Crippen LogP contribution < -0.4 is 10.1 Å². The topological polar surface area (TPSA) is 73.3 Å². The number of aromatic nitrogens is 2. The van der Waals surface area contributed by atoms with E-state index in [4.69, 9.17) is 21.1 Å². The summed E-state index contributed by atoms with van der Waals surface area (Å²) < 4.78 is 10.5. The third kappa shape index (κ3) is 4.40. The highest BCUT2D eigenvalue weighted by atomic mass is 35.5. The fraction of sp³-hybridized carbons (Fsp3) is 0.211. The van der Waals surface area contributed by atoms with Gasteiger partial charge >= 0.3 is 5.97 Å². The Hall–Kier alpha value is -2.86. The summed E-state index contributed by atoms with van der Waals surface area (Å²) in [4.78, 5) is 11.6. The normalized spacial score (nSPS) is 11.8. The van der Waals surface area contributed by atoms with Gasteiger partial charge in [0.25, 0.3) is 0 Å². The van der Waals surface area contributed by atoms with Gasteiger partial charge in [0.05, 0.1) is 12.1 Å². The van der Waals surface area contributed by atoms with Crippen LogP contribution in [0.3, 0.4) is 0 Å². The third-order valence-electron chi connectivity index (χ3n) is 3.61. The predicted octanol–water partition coefficient (Wildman–Crippen LogP) is 4.36. The lowest BCUT2D eigenvalue weighted by atomic mass is 10.2. The summed E-state index contributed by atoms with van der Waals surface area (Å²) in [6, 6.07) is 14.6. The van der Waals surface area contributed by atoms with E-state index in [1.807, 2.05) is 30.3 Å². The number of hydrogen-bond donors (Lipinski definition) is 1. The van der Waals surface area contributed by atoms with Crippen molar-refractivity contribution in [1.82, 2.24) is 10.2 Å². The fourth-order valence-electron chi connectivity index (χ4n) is 2.35. The van der Waals surface area contributed by atoms with Crippen LogP contribution in [0.5, 0.6) is 5.75 Å². The number of fused-ring (bicyclic) bond motifs is 1. The number of halogens is 1. The van der Waals surface area contributed by atoms with E-state index in [0.717, 1.165) is 16.6 Å². The molecule has 1 atom stereocenters. The van der Waals surface area contributed by atoms with Crippen LogP contribution in [0.15, 0.2) is 48.5 Å². The second kappa shape index (κ2) is 8.01. The first kappa shape index (κ1) is 17.9. The van der Waals surface area contributed by atoms with E-state index in [2.05, 4.69) is 15.5 Å². The molecule has 26 heavy (non-hydrogen) atoms. The molecule has 0 amide bonds. The number of nitrogens with one attached hydrogen (secondary N) is 1. The molecule has 2 aromatic carbocycles. The summed E-state index contributed by atoms with van der Waals surface area (Å²) in [6.45, 7) is 3.74. The Bertz CT molecular complexity index is 916. The number of nitrogens with zero attached hydrogens (tertiary/aromatic N) is 2. The highest BCUT2D eigenvalue weighted by Crippen LogP contribution is 2.23.